The molecule has 0 aliphatic heterocycles. The standard InChI is InChI=1S/C28H35Cl2NO6SSi/c1-28(2,3)39(6,7)36-13-12-19-9-11-26(38-19)27(32)37-24(15-20-21(29)16-31(33)17-22(20)30)18-8-10-23(34-4)25(14-18)35-5/h8-11,14,16-17,24H,12-13,15H2,1-7H3/t24-/m0/s1. The van der Waals surface area contributed by atoms with E-state index in [0.717, 1.165) is 4.88 Å². The van der Waals surface area contributed by atoms with Crippen LogP contribution in [0.2, 0.25) is 28.2 Å². The fourth-order valence-electron chi connectivity index (χ4n) is 3.62. The number of carbonyl (C=O) groups excluding carboxylic acids is 1. The molecule has 0 bridgehead atoms. The Hall–Kier alpha value is -2.30. The third-order valence-corrected chi connectivity index (χ3v) is 13.3. The Kier molecular flexibility index (Phi) is 10.3. The number of pyridine rings is 1. The lowest BCUT2D eigenvalue weighted by Gasteiger charge is -2.36. The van der Waals surface area contributed by atoms with E-state index in [1.807, 2.05) is 6.07 Å². The highest BCUT2D eigenvalue weighted by Gasteiger charge is 2.37. The predicted octanol–water partition coefficient (Wildman–Crippen LogP) is 7.41. The van der Waals surface area contributed by atoms with Crippen molar-refractivity contribution in [2.24, 2.45) is 0 Å². The zero-order chi connectivity index (χ0) is 29.0. The van der Waals surface area contributed by atoms with Gasteiger partial charge in [-0.25, -0.2) is 4.79 Å². The van der Waals surface area contributed by atoms with Crippen molar-refractivity contribution in [2.75, 3.05) is 20.8 Å². The number of carbonyl (C=O) groups is 1. The largest absolute Gasteiger partial charge is 0.619 e. The van der Waals surface area contributed by atoms with Gasteiger partial charge in [0.2, 0.25) is 0 Å². The second-order valence-corrected chi connectivity index (χ2v) is 17.4. The molecule has 2 aromatic heterocycles. The van der Waals surface area contributed by atoms with Crippen LogP contribution in [0.1, 0.15) is 52.6 Å². The highest BCUT2D eigenvalue weighted by molar-refractivity contribution is 7.13. The van der Waals surface area contributed by atoms with E-state index in [-0.39, 0.29) is 21.5 Å². The van der Waals surface area contributed by atoms with Crippen LogP contribution < -0.4 is 14.2 Å². The Morgan fingerprint density at radius 3 is 2.28 bits per heavy atom. The maximum absolute atomic E-state index is 13.3. The smallest absolute Gasteiger partial charge is 0.348 e. The number of benzene rings is 1. The first-order chi connectivity index (χ1) is 18.3. The fourth-order valence-corrected chi connectivity index (χ4v) is 6.14. The second-order valence-electron chi connectivity index (χ2n) is 10.6. The van der Waals surface area contributed by atoms with Crippen LogP contribution in [0.3, 0.4) is 0 Å². The molecule has 0 aliphatic rings. The summed E-state index contributed by atoms with van der Waals surface area (Å²) in [6.45, 7) is 11.7. The maximum Gasteiger partial charge on any atom is 0.348 e. The van der Waals surface area contributed by atoms with Crippen LogP contribution in [0.4, 0.5) is 0 Å². The average Bonchev–Trinajstić information content (AvgIpc) is 3.33. The number of aromatic nitrogens is 1. The highest BCUT2D eigenvalue weighted by Crippen LogP contribution is 2.37. The summed E-state index contributed by atoms with van der Waals surface area (Å²) < 4.78 is 23.6. The monoisotopic (exact) mass is 611 g/mol. The number of esters is 1. The first kappa shape index (κ1) is 31.2. The van der Waals surface area contributed by atoms with Crippen LogP contribution in [-0.4, -0.2) is 35.1 Å². The Bertz CT molecular complexity index is 1280. The summed E-state index contributed by atoms with van der Waals surface area (Å²) in [5.74, 6) is 0.551. The Morgan fingerprint density at radius 1 is 1.05 bits per heavy atom. The second kappa shape index (κ2) is 12.9. The molecule has 0 fully saturated rings. The molecule has 3 rings (SSSR count). The molecule has 0 saturated heterocycles. The molecular weight excluding hydrogens is 577 g/mol. The SMILES string of the molecule is COc1ccc([C@H](Cc2c(Cl)c[n+]([O-])cc2Cl)OC(=O)c2ccc(CCO[Si](C)(C)C(C)(C)C)s2)cc1OC. The van der Waals surface area contributed by atoms with E-state index in [2.05, 4.69) is 33.9 Å². The molecule has 1 aromatic carbocycles. The van der Waals surface area contributed by atoms with Crippen LogP contribution in [0.5, 0.6) is 11.5 Å². The van der Waals surface area contributed by atoms with E-state index in [4.69, 9.17) is 41.8 Å². The van der Waals surface area contributed by atoms with E-state index < -0.39 is 20.4 Å². The quantitative estimate of drug-likeness (QED) is 0.0971. The number of nitrogens with zero attached hydrogens (tertiary/aromatic N) is 1. The van der Waals surface area contributed by atoms with Crippen molar-refractivity contribution in [3.63, 3.8) is 0 Å². The van der Waals surface area contributed by atoms with Gasteiger partial charge in [-0.15, -0.1) is 11.3 Å². The van der Waals surface area contributed by atoms with E-state index >= 15 is 0 Å². The summed E-state index contributed by atoms with van der Waals surface area (Å²) in [6, 6.07) is 8.96. The summed E-state index contributed by atoms with van der Waals surface area (Å²) in [6.07, 6.45) is 2.54. The normalized spacial score (nSPS) is 12.7. The fraction of sp³-hybridized carbons (Fsp3) is 0.429. The molecule has 0 N–H and O–H groups in total. The number of thiophene rings is 1. The van der Waals surface area contributed by atoms with E-state index in [1.165, 1.54) is 30.8 Å². The van der Waals surface area contributed by atoms with Crippen molar-refractivity contribution in [1.29, 1.82) is 0 Å². The van der Waals surface area contributed by atoms with Crippen LogP contribution >= 0.6 is 34.5 Å². The van der Waals surface area contributed by atoms with Crippen LogP contribution in [0.25, 0.3) is 0 Å². The average molecular weight is 613 g/mol. The minimum atomic E-state index is -1.85. The van der Waals surface area contributed by atoms with Crippen molar-refractivity contribution in [1.82, 2.24) is 0 Å². The summed E-state index contributed by atoms with van der Waals surface area (Å²) in [5, 5.41) is 12.2. The van der Waals surface area contributed by atoms with Gasteiger partial charge in [0.25, 0.3) is 0 Å². The number of methoxy groups -OCH3 is 2. The molecule has 39 heavy (non-hydrogen) atoms. The highest BCUT2D eigenvalue weighted by atomic mass is 35.5. The number of ether oxygens (including phenoxy) is 3. The van der Waals surface area contributed by atoms with Crippen molar-refractivity contribution in [2.45, 2.75) is 57.8 Å². The lowest BCUT2D eigenvalue weighted by Crippen LogP contribution is -2.41. The summed E-state index contributed by atoms with van der Waals surface area (Å²) in [7, 11) is 1.23. The molecule has 0 unspecified atom stereocenters. The van der Waals surface area contributed by atoms with Gasteiger partial charge < -0.3 is 23.8 Å². The van der Waals surface area contributed by atoms with Gasteiger partial charge in [0.05, 0.1) is 14.2 Å². The molecule has 0 spiro atoms. The number of hydrogen-bond donors (Lipinski definition) is 0. The molecule has 0 amide bonds. The summed E-state index contributed by atoms with van der Waals surface area (Å²) in [5.41, 5.74) is 1.15. The van der Waals surface area contributed by atoms with Gasteiger partial charge in [0.15, 0.2) is 32.2 Å². The van der Waals surface area contributed by atoms with Crippen LogP contribution in [0.15, 0.2) is 42.7 Å². The van der Waals surface area contributed by atoms with Crippen molar-refractivity contribution < 1.29 is 28.2 Å². The predicted molar refractivity (Wildman–Crippen MR) is 158 cm³/mol. The molecule has 0 radical (unpaired) electrons. The third kappa shape index (κ3) is 7.89. The molecule has 0 aliphatic carbocycles. The molecule has 0 saturated carbocycles. The molecule has 7 nitrogen and oxygen atoms in total. The first-order valence-electron chi connectivity index (χ1n) is 12.5. The van der Waals surface area contributed by atoms with Crippen molar-refractivity contribution in [3.05, 3.63) is 78.9 Å². The molecule has 11 heteroatoms. The molecule has 1 atom stereocenters. The minimum absolute atomic E-state index is 0.134. The van der Waals surface area contributed by atoms with E-state index in [1.54, 1.807) is 31.4 Å². The summed E-state index contributed by atoms with van der Waals surface area (Å²) >= 11 is 14.1. The van der Waals surface area contributed by atoms with Crippen molar-refractivity contribution >= 4 is 48.8 Å². The molecule has 212 valence electrons. The van der Waals surface area contributed by atoms with Gasteiger partial charge in [-0.3, -0.25) is 0 Å². The molecule has 2 heterocycles. The summed E-state index contributed by atoms with van der Waals surface area (Å²) in [4.78, 5) is 14.8. The van der Waals surface area contributed by atoms with Crippen LogP contribution in [0, 0.1) is 5.21 Å². The Labute approximate surface area is 245 Å². The Balaban J connectivity index is 1.82. The van der Waals surface area contributed by atoms with Gasteiger partial charge in [-0.1, -0.05) is 50.0 Å². The number of halogens is 2. The van der Waals surface area contributed by atoms with E-state index in [0.29, 0.717) is 45.3 Å². The number of hydrogen-bond acceptors (Lipinski definition) is 7. The zero-order valence-corrected chi connectivity index (χ0v) is 26.6. The van der Waals surface area contributed by atoms with Gasteiger partial charge in [0.1, 0.15) is 21.0 Å². The van der Waals surface area contributed by atoms with Gasteiger partial charge in [-0.2, -0.15) is 4.73 Å². The zero-order valence-electron chi connectivity index (χ0n) is 23.3. The van der Waals surface area contributed by atoms with Crippen molar-refractivity contribution in [3.8, 4) is 11.5 Å². The maximum atomic E-state index is 13.3. The van der Waals surface area contributed by atoms with Gasteiger partial charge in [-0.05, 0) is 48.0 Å². The number of rotatable bonds is 11. The molecule has 3 aromatic rings. The van der Waals surface area contributed by atoms with E-state index in [9.17, 15) is 10.0 Å². The lowest BCUT2D eigenvalue weighted by atomic mass is 10.0. The Morgan fingerprint density at radius 2 is 1.69 bits per heavy atom. The lowest BCUT2D eigenvalue weighted by molar-refractivity contribution is -0.605. The van der Waals surface area contributed by atoms with Crippen LogP contribution in [-0.2, 0) is 22.0 Å². The third-order valence-electron chi connectivity index (χ3n) is 6.96. The first-order valence-corrected chi connectivity index (χ1v) is 17.0. The minimum Gasteiger partial charge on any atom is -0.619 e. The molecular formula is C28H35Cl2NO6SSi. The van der Waals surface area contributed by atoms with Gasteiger partial charge >= 0.3 is 5.97 Å². The topological polar surface area (TPSA) is 80.9 Å². The van der Waals surface area contributed by atoms with Gasteiger partial charge in [0, 0.05) is 29.9 Å².